The van der Waals surface area contributed by atoms with Gasteiger partial charge < -0.3 is 10.1 Å². The minimum Gasteiger partial charge on any atom is -0.383 e. The van der Waals surface area contributed by atoms with E-state index >= 15 is 0 Å². The molecule has 4 heteroatoms. The van der Waals surface area contributed by atoms with Gasteiger partial charge in [-0.3, -0.25) is 0 Å². The van der Waals surface area contributed by atoms with Gasteiger partial charge in [0.15, 0.2) is 0 Å². The quantitative estimate of drug-likeness (QED) is 0.781. The van der Waals surface area contributed by atoms with E-state index in [-0.39, 0.29) is 0 Å². The van der Waals surface area contributed by atoms with Crippen molar-refractivity contribution in [2.24, 2.45) is 0 Å². The summed E-state index contributed by atoms with van der Waals surface area (Å²) in [5.74, 6) is 0. The van der Waals surface area contributed by atoms with Gasteiger partial charge in [-0.05, 0) is 13.8 Å². The summed E-state index contributed by atoms with van der Waals surface area (Å²) in [5, 5.41) is 4.59. The Hall–Kier alpha value is -0.450. The van der Waals surface area contributed by atoms with Crippen LogP contribution in [0.5, 0.6) is 0 Å². The van der Waals surface area contributed by atoms with E-state index in [2.05, 4.69) is 24.1 Å². The Labute approximate surface area is 89.5 Å². The number of thiazole rings is 1. The van der Waals surface area contributed by atoms with Crippen LogP contribution in [0.25, 0.3) is 0 Å². The molecule has 1 heterocycles. The van der Waals surface area contributed by atoms with Gasteiger partial charge >= 0.3 is 0 Å². The van der Waals surface area contributed by atoms with E-state index in [1.807, 2.05) is 6.20 Å². The Bertz CT molecular complexity index is 262. The molecule has 14 heavy (non-hydrogen) atoms. The molecule has 0 saturated carbocycles. The molecule has 0 aliphatic rings. The highest BCUT2D eigenvalue weighted by Gasteiger charge is 2.01. The summed E-state index contributed by atoms with van der Waals surface area (Å²) >= 11 is 1.77. The molecule has 1 unspecified atom stereocenters. The fourth-order valence-corrected chi connectivity index (χ4v) is 2.04. The van der Waals surface area contributed by atoms with Crippen molar-refractivity contribution in [3.63, 3.8) is 0 Å². The van der Waals surface area contributed by atoms with Gasteiger partial charge in [0.1, 0.15) is 0 Å². The van der Waals surface area contributed by atoms with E-state index in [4.69, 9.17) is 4.74 Å². The molecule has 0 aliphatic carbocycles. The van der Waals surface area contributed by atoms with Crippen LogP contribution >= 0.6 is 11.3 Å². The van der Waals surface area contributed by atoms with Crippen molar-refractivity contribution in [1.82, 2.24) is 10.3 Å². The minimum atomic E-state index is 0.418. The highest BCUT2D eigenvalue weighted by atomic mass is 32.1. The lowest BCUT2D eigenvalue weighted by molar-refractivity contribution is 0.172. The van der Waals surface area contributed by atoms with E-state index < -0.39 is 0 Å². The molecule has 0 aromatic carbocycles. The summed E-state index contributed by atoms with van der Waals surface area (Å²) in [5.41, 5.74) is 0. The normalized spacial score (nSPS) is 13.1. The Kier molecular flexibility index (Phi) is 5.07. The van der Waals surface area contributed by atoms with Crippen molar-refractivity contribution in [3.05, 3.63) is 16.1 Å². The van der Waals surface area contributed by atoms with Crippen molar-refractivity contribution < 1.29 is 4.74 Å². The maximum Gasteiger partial charge on any atom is 0.0940 e. The number of aryl methyl sites for hydroxylation is 1. The number of nitrogens with one attached hydrogen (secondary N) is 1. The van der Waals surface area contributed by atoms with Crippen LogP contribution in [-0.2, 0) is 11.2 Å². The van der Waals surface area contributed by atoms with Gasteiger partial charge in [0.05, 0.1) is 11.6 Å². The van der Waals surface area contributed by atoms with Crippen molar-refractivity contribution in [2.45, 2.75) is 26.3 Å². The number of hydrogen-bond acceptors (Lipinski definition) is 4. The minimum absolute atomic E-state index is 0.418. The summed E-state index contributed by atoms with van der Waals surface area (Å²) in [7, 11) is 1.72. The first-order valence-electron chi connectivity index (χ1n) is 4.86. The fraction of sp³-hybridized carbons (Fsp3) is 0.700. The second-order valence-electron chi connectivity index (χ2n) is 3.43. The highest BCUT2D eigenvalue weighted by molar-refractivity contribution is 7.11. The molecule has 3 nitrogen and oxygen atoms in total. The molecule has 0 radical (unpaired) electrons. The SMILES string of the molecule is COCC(C)NCCc1ncc(C)s1. The van der Waals surface area contributed by atoms with Crippen LogP contribution < -0.4 is 5.32 Å². The van der Waals surface area contributed by atoms with Crippen LogP contribution in [0.3, 0.4) is 0 Å². The van der Waals surface area contributed by atoms with Gasteiger partial charge in [-0.15, -0.1) is 11.3 Å². The van der Waals surface area contributed by atoms with Crippen molar-refractivity contribution >= 4 is 11.3 Å². The molecule has 0 spiro atoms. The molecule has 1 aromatic heterocycles. The molecular formula is C10H18N2OS. The molecule has 1 N–H and O–H groups in total. The Morgan fingerprint density at radius 2 is 2.43 bits per heavy atom. The molecule has 0 fully saturated rings. The van der Waals surface area contributed by atoms with E-state index in [1.54, 1.807) is 18.4 Å². The average molecular weight is 214 g/mol. The van der Waals surface area contributed by atoms with Gasteiger partial charge in [0.25, 0.3) is 0 Å². The first-order valence-corrected chi connectivity index (χ1v) is 5.67. The number of nitrogens with zero attached hydrogens (tertiary/aromatic N) is 1. The predicted octanol–water partition coefficient (Wildman–Crippen LogP) is 1.62. The van der Waals surface area contributed by atoms with E-state index in [0.717, 1.165) is 19.6 Å². The number of aromatic nitrogens is 1. The molecule has 1 rings (SSSR count). The summed E-state index contributed by atoms with van der Waals surface area (Å²) in [4.78, 5) is 5.59. The first-order chi connectivity index (χ1) is 6.72. The third-order valence-electron chi connectivity index (χ3n) is 1.92. The van der Waals surface area contributed by atoms with E-state index in [0.29, 0.717) is 6.04 Å². The van der Waals surface area contributed by atoms with Crippen molar-refractivity contribution in [3.8, 4) is 0 Å². The van der Waals surface area contributed by atoms with Crippen LogP contribution in [-0.4, -0.2) is 31.3 Å². The second-order valence-corrected chi connectivity index (χ2v) is 4.74. The zero-order valence-corrected chi connectivity index (χ0v) is 9.86. The standard InChI is InChI=1S/C10H18N2OS/c1-8(7-13-3)11-5-4-10-12-6-9(2)14-10/h6,8,11H,4-5,7H2,1-3H3. The monoisotopic (exact) mass is 214 g/mol. The zero-order chi connectivity index (χ0) is 10.4. The fourth-order valence-electron chi connectivity index (χ4n) is 1.25. The number of methoxy groups -OCH3 is 1. The van der Waals surface area contributed by atoms with Crippen LogP contribution in [0.4, 0.5) is 0 Å². The highest BCUT2D eigenvalue weighted by Crippen LogP contribution is 2.10. The third-order valence-corrected chi connectivity index (χ3v) is 2.89. The lowest BCUT2D eigenvalue weighted by Gasteiger charge is -2.11. The average Bonchev–Trinajstić information content (AvgIpc) is 2.52. The molecule has 1 aromatic rings. The topological polar surface area (TPSA) is 34.1 Å². The molecule has 0 bridgehead atoms. The second kappa shape index (κ2) is 6.11. The summed E-state index contributed by atoms with van der Waals surface area (Å²) in [6, 6.07) is 0.418. The number of ether oxygens (including phenoxy) is 1. The van der Waals surface area contributed by atoms with Gasteiger partial charge in [-0.25, -0.2) is 4.98 Å². The van der Waals surface area contributed by atoms with Gasteiger partial charge in [-0.2, -0.15) is 0 Å². The Balaban J connectivity index is 2.15. The van der Waals surface area contributed by atoms with Crippen LogP contribution in [0.2, 0.25) is 0 Å². The summed E-state index contributed by atoms with van der Waals surface area (Å²) < 4.78 is 5.03. The smallest absolute Gasteiger partial charge is 0.0940 e. The van der Waals surface area contributed by atoms with Crippen LogP contribution in [0, 0.1) is 6.92 Å². The Morgan fingerprint density at radius 1 is 1.64 bits per heavy atom. The van der Waals surface area contributed by atoms with E-state index in [9.17, 15) is 0 Å². The lowest BCUT2D eigenvalue weighted by Crippen LogP contribution is -2.31. The summed E-state index contributed by atoms with van der Waals surface area (Å²) in [6.07, 6.45) is 2.94. The summed E-state index contributed by atoms with van der Waals surface area (Å²) in [6.45, 7) is 5.94. The van der Waals surface area contributed by atoms with Crippen molar-refractivity contribution in [2.75, 3.05) is 20.3 Å². The lowest BCUT2D eigenvalue weighted by atomic mass is 10.3. The largest absolute Gasteiger partial charge is 0.383 e. The van der Waals surface area contributed by atoms with Crippen LogP contribution in [0.15, 0.2) is 6.20 Å². The third kappa shape index (κ3) is 4.17. The first kappa shape index (κ1) is 11.6. The molecule has 80 valence electrons. The maximum atomic E-state index is 5.03. The zero-order valence-electron chi connectivity index (χ0n) is 9.04. The van der Waals surface area contributed by atoms with Crippen molar-refractivity contribution in [1.29, 1.82) is 0 Å². The molecule has 0 aliphatic heterocycles. The molecule has 1 atom stereocenters. The molecule has 0 amide bonds. The molecule has 0 saturated heterocycles. The number of hydrogen-bond donors (Lipinski definition) is 1. The van der Waals surface area contributed by atoms with Gasteiger partial charge in [0, 0.05) is 37.2 Å². The van der Waals surface area contributed by atoms with E-state index in [1.165, 1.54) is 9.88 Å². The Morgan fingerprint density at radius 3 is 3.00 bits per heavy atom. The predicted molar refractivity (Wildman–Crippen MR) is 59.9 cm³/mol. The van der Waals surface area contributed by atoms with Crippen LogP contribution in [0.1, 0.15) is 16.8 Å². The number of rotatable bonds is 6. The van der Waals surface area contributed by atoms with Gasteiger partial charge in [-0.1, -0.05) is 0 Å². The molecular weight excluding hydrogens is 196 g/mol. The van der Waals surface area contributed by atoms with Gasteiger partial charge in [0.2, 0.25) is 0 Å². The maximum absolute atomic E-state index is 5.03.